The second-order valence-electron chi connectivity index (χ2n) is 8.77. The lowest BCUT2D eigenvalue weighted by Crippen LogP contribution is -2.27. The van der Waals surface area contributed by atoms with Gasteiger partial charge in [-0.3, -0.25) is 9.48 Å². The first kappa shape index (κ1) is 21.2. The average molecular weight is 425 g/mol. The molecule has 4 rings (SSSR count). The third kappa shape index (κ3) is 4.67. The number of aliphatic hydroxyl groups is 1. The Morgan fingerprint density at radius 2 is 1.87 bits per heavy atom. The molecule has 1 aliphatic rings. The third-order valence-electron chi connectivity index (χ3n) is 5.12. The zero-order valence-electron chi connectivity index (χ0n) is 18.1. The highest BCUT2D eigenvalue weighted by molar-refractivity contribution is 5.88. The van der Waals surface area contributed by atoms with E-state index in [1.165, 1.54) is 17.5 Å². The van der Waals surface area contributed by atoms with Gasteiger partial charge in [0, 0.05) is 36.4 Å². The van der Waals surface area contributed by atoms with Gasteiger partial charge in [0.05, 0.1) is 5.52 Å². The van der Waals surface area contributed by atoms with Gasteiger partial charge in [-0.2, -0.15) is 5.10 Å². The molecule has 0 aliphatic carbocycles. The van der Waals surface area contributed by atoms with E-state index in [-0.39, 0.29) is 6.54 Å². The summed E-state index contributed by atoms with van der Waals surface area (Å²) in [6.45, 7) is 7.33. The molecule has 9 heteroatoms. The fourth-order valence-corrected chi connectivity index (χ4v) is 3.77. The van der Waals surface area contributed by atoms with E-state index >= 15 is 0 Å². The van der Waals surface area contributed by atoms with Crippen LogP contribution in [-0.4, -0.2) is 49.5 Å². The summed E-state index contributed by atoms with van der Waals surface area (Å²) in [6, 6.07) is 5.65. The predicted octanol–water partition coefficient (Wildman–Crippen LogP) is 2.38. The molecule has 1 atom stereocenters. The van der Waals surface area contributed by atoms with Crippen LogP contribution in [0.25, 0.3) is 22.0 Å². The normalized spacial score (nSPS) is 15.5. The van der Waals surface area contributed by atoms with Crippen LogP contribution in [0, 0.1) is 0 Å². The number of esters is 1. The summed E-state index contributed by atoms with van der Waals surface area (Å²) in [4.78, 5) is 23.5. The van der Waals surface area contributed by atoms with Crippen molar-refractivity contribution in [1.82, 2.24) is 19.7 Å². The number of benzene rings is 1. The lowest BCUT2D eigenvalue weighted by atomic mass is 10.1. The number of aliphatic hydroxyl groups excluding tert-OH is 1. The number of ether oxygens (including phenoxy) is 1. The Morgan fingerprint density at radius 1 is 1.19 bits per heavy atom. The fourth-order valence-electron chi connectivity index (χ4n) is 3.77. The lowest BCUT2D eigenvalue weighted by Gasteiger charge is -2.19. The molecule has 0 saturated carbocycles. The van der Waals surface area contributed by atoms with Crippen LogP contribution >= 0.6 is 0 Å². The number of rotatable bonds is 5. The van der Waals surface area contributed by atoms with Crippen molar-refractivity contribution in [1.29, 1.82) is 0 Å². The summed E-state index contributed by atoms with van der Waals surface area (Å²) in [5.41, 5.74) is 7.85. The Kier molecular flexibility index (Phi) is 5.63. The number of hydrogen-bond acceptors (Lipinski definition) is 8. The van der Waals surface area contributed by atoms with Gasteiger partial charge in [0.25, 0.3) is 0 Å². The van der Waals surface area contributed by atoms with Gasteiger partial charge in [0.1, 0.15) is 24.1 Å². The van der Waals surface area contributed by atoms with Crippen molar-refractivity contribution in [2.24, 2.45) is 5.73 Å². The Balaban J connectivity index is 1.65. The van der Waals surface area contributed by atoms with Gasteiger partial charge in [-0.25, -0.2) is 9.97 Å². The molecule has 2 aromatic heterocycles. The van der Waals surface area contributed by atoms with Crippen molar-refractivity contribution in [2.45, 2.75) is 52.0 Å². The van der Waals surface area contributed by atoms with Crippen LogP contribution < -0.4 is 10.6 Å². The number of anilines is 1. The molecular formula is C22H28N6O3. The second-order valence-corrected chi connectivity index (χ2v) is 8.77. The Labute approximate surface area is 180 Å². The van der Waals surface area contributed by atoms with E-state index < -0.39 is 17.8 Å². The van der Waals surface area contributed by atoms with E-state index in [1.54, 1.807) is 12.4 Å². The maximum absolute atomic E-state index is 12.3. The van der Waals surface area contributed by atoms with E-state index in [9.17, 15) is 9.90 Å². The summed E-state index contributed by atoms with van der Waals surface area (Å²) in [5.74, 6) is 0.329. The zero-order chi connectivity index (χ0) is 22.2. The molecule has 3 aromatic rings. The van der Waals surface area contributed by atoms with Crippen molar-refractivity contribution in [2.75, 3.05) is 18.0 Å². The summed E-state index contributed by atoms with van der Waals surface area (Å²) >= 11 is 0. The molecule has 0 radical (unpaired) electrons. The average Bonchev–Trinajstić information content (AvgIpc) is 3.35. The van der Waals surface area contributed by atoms with Crippen LogP contribution in [0.1, 0.15) is 45.5 Å². The highest BCUT2D eigenvalue weighted by atomic mass is 16.6. The third-order valence-corrected chi connectivity index (χ3v) is 5.12. The number of carbonyl (C=O) groups is 1. The van der Waals surface area contributed by atoms with E-state index in [0.717, 1.165) is 30.2 Å². The van der Waals surface area contributed by atoms with Crippen LogP contribution in [0.3, 0.4) is 0 Å². The smallest absolute Gasteiger partial charge is 0.328 e. The first-order chi connectivity index (χ1) is 14.7. The Hall–Kier alpha value is -3.04. The van der Waals surface area contributed by atoms with Crippen molar-refractivity contribution in [3.05, 3.63) is 36.3 Å². The van der Waals surface area contributed by atoms with Gasteiger partial charge >= 0.3 is 5.97 Å². The minimum atomic E-state index is -1.27. The molecule has 164 valence electrons. The molecule has 1 unspecified atom stereocenters. The molecule has 0 amide bonds. The van der Waals surface area contributed by atoms with Gasteiger partial charge in [0.2, 0.25) is 5.95 Å². The minimum Gasteiger partial charge on any atom is -0.459 e. The lowest BCUT2D eigenvalue weighted by molar-refractivity contribution is -0.155. The van der Waals surface area contributed by atoms with E-state index in [0.29, 0.717) is 16.6 Å². The fraction of sp³-hybridized carbons (Fsp3) is 0.455. The van der Waals surface area contributed by atoms with Crippen LogP contribution in [0.15, 0.2) is 30.6 Å². The van der Waals surface area contributed by atoms with E-state index in [4.69, 9.17) is 10.5 Å². The molecule has 0 bridgehead atoms. The molecule has 3 heterocycles. The number of hydrogen-bond donors (Lipinski definition) is 2. The number of nitrogens with zero attached hydrogens (tertiary/aromatic N) is 5. The monoisotopic (exact) mass is 424 g/mol. The van der Waals surface area contributed by atoms with E-state index in [2.05, 4.69) is 20.0 Å². The molecule has 0 spiro atoms. The summed E-state index contributed by atoms with van der Waals surface area (Å²) in [5, 5.41) is 15.1. The van der Waals surface area contributed by atoms with Gasteiger partial charge in [-0.05, 0) is 51.3 Å². The molecule has 1 aromatic carbocycles. The largest absolute Gasteiger partial charge is 0.459 e. The van der Waals surface area contributed by atoms with Crippen molar-refractivity contribution in [3.63, 3.8) is 0 Å². The molecule has 9 nitrogen and oxygen atoms in total. The van der Waals surface area contributed by atoms with Crippen LogP contribution in [0.2, 0.25) is 0 Å². The number of carbonyl (C=O) groups excluding carboxylic acids is 1. The van der Waals surface area contributed by atoms with Crippen LogP contribution in [0.4, 0.5) is 5.95 Å². The van der Waals surface area contributed by atoms with Crippen LogP contribution in [0.5, 0.6) is 0 Å². The quantitative estimate of drug-likeness (QED) is 0.473. The highest BCUT2D eigenvalue weighted by Gasteiger charge is 2.21. The molecule has 31 heavy (non-hydrogen) atoms. The van der Waals surface area contributed by atoms with Gasteiger partial charge in [-0.1, -0.05) is 6.07 Å². The second kappa shape index (κ2) is 8.24. The molecule has 3 N–H and O–H groups in total. The Bertz CT molecular complexity index is 1080. The first-order valence-corrected chi connectivity index (χ1v) is 10.4. The first-order valence-electron chi connectivity index (χ1n) is 10.4. The highest BCUT2D eigenvalue weighted by Crippen LogP contribution is 2.29. The Morgan fingerprint density at radius 3 is 2.48 bits per heavy atom. The van der Waals surface area contributed by atoms with Gasteiger partial charge in [0.15, 0.2) is 0 Å². The molecule has 1 saturated heterocycles. The number of aromatic nitrogens is 4. The predicted molar refractivity (Wildman–Crippen MR) is 117 cm³/mol. The maximum Gasteiger partial charge on any atom is 0.328 e. The summed E-state index contributed by atoms with van der Waals surface area (Å²) < 4.78 is 6.90. The number of nitrogens with two attached hydrogens (primary N) is 1. The van der Waals surface area contributed by atoms with Gasteiger partial charge in [-0.15, -0.1) is 0 Å². The molecule has 1 aliphatic heterocycles. The van der Waals surface area contributed by atoms with E-state index in [1.807, 2.05) is 39.0 Å². The zero-order valence-corrected chi connectivity index (χ0v) is 18.1. The van der Waals surface area contributed by atoms with Crippen molar-refractivity contribution < 1.29 is 14.6 Å². The number of fused-ring (bicyclic) bond motifs is 1. The standard InChI is InChI=1S/C22H28N6O3/c1-22(2,3)31-18(29)13-28-17-7-6-14(10-16(17)19(26-28)20(23)30)15-11-24-21(25-12-15)27-8-4-5-9-27/h6-7,10-12,20,30H,4-5,8-9,13,23H2,1-3H3. The molecule has 1 fully saturated rings. The van der Waals surface area contributed by atoms with Gasteiger partial charge < -0.3 is 20.5 Å². The minimum absolute atomic E-state index is 0.0759. The summed E-state index contributed by atoms with van der Waals surface area (Å²) in [6.07, 6.45) is 4.65. The van der Waals surface area contributed by atoms with Crippen molar-refractivity contribution >= 4 is 22.8 Å². The van der Waals surface area contributed by atoms with Crippen molar-refractivity contribution in [3.8, 4) is 11.1 Å². The van der Waals surface area contributed by atoms with Crippen LogP contribution in [-0.2, 0) is 16.1 Å². The molecular weight excluding hydrogens is 396 g/mol. The summed E-state index contributed by atoms with van der Waals surface area (Å²) in [7, 11) is 0. The topological polar surface area (TPSA) is 119 Å². The maximum atomic E-state index is 12.3. The SMILES string of the molecule is CC(C)(C)OC(=O)Cn1nc(C(N)O)c2cc(-c3cnc(N4CCCC4)nc3)ccc21.